The van der Waals surface area contributed by atoms with Gasteiger partial charge in [-0.15, -0.1) is 0 Å². The molecule has 1 heterocycles. The highest BCUT2D eigenvalue weighted by Crippen LogP contribution is 2.38. The van der Waals surface area contributed by atoms with Gasteiger partial charge in [-0.3, -0.25) is 9.59 Å². The SMILES string of the molecule is COc1cc(C(=O)N2CCC(C(=O)Nc3ccccc3)CC2)cc(OC)c1OC. The molecule has 0 aliphatic carbocycles. The number of hydrogen-bond acceptors (Lipinski definition) is 5. The molecule has 0 aromatic heterocycles. The van der Waals surface area contributed by atoms with Crippen molar-refractivity contribution < 1.29 is 23.8 Å². The summed E-state index contributed by atoms with van der Waals surface area (Å²) in [5, 5.41) is 2.94. The van der Waals surface area contributed by atoms with Gasteiger partial charge in [-0.2, -0.15) is 0 Å². The van der Waals surface area contributed by atoms with Crippen LogP contribution in [0.25, 0.3) is 0 Å². The van der Waals surface area contributed by atoms with E-state index in [1.54, 1.807) is 17.0 Å². The number of anilines is 1. The van der Waals surface area contributed by atoms with Crippen LogP contribution >= 0.6 is 0 Å². The lowest BCUT2D eigenvalue weighted by molar-refractivity contribution is -0.121. The minimum Gasteiger partial charge on any atom is -0.493 e. The zero-order valence-corrected chi connectivity index (χ0v) is 16.9. The quantitative estimate of drug-likeness (QED) is 0.809. The summed E-state index contributed by atoms with van der Waals surface area (Å²) in [6, 6.07) is 12.7. The fraction of sp³-hybridized carbons (Fsp3) is 0.364. The van der Waals surface area contributed by atoms with E-state index in [4.69, 9.17) is 14.2 Å². The molecule has 2 aromatic carbocycles. The maximum absolute atomic E-state index is 13.0. The molecule has 0 saturated carbocycles. The first-order valence-electron chi connectivity index (χ1n) is 9.52. The lowest BCUT2D eigenvalue weighted by atomic mass is 9.95. The van der Waals surface area contributed by atoms with Gasteiger partial charge in [0.05, 0.1) is 21.3 Å². The summed E-state index contributed by atoms with van der Waals surface area (Å²) < 4.78 is 16.0. The van der Waals surface area contributed by atoms with E-state index in [1.165, 1.54) is 21.3 Å². The number of benzene rings is 2. The molecule has 0 bridgehead atoms. The lowest BCUT2D eigenvalue weighted by Gasteiger charge is -2.31. The average molecular weight is 398 g/mol. The van der Waals surface area contributed by atoms with Gasteiger partial charge in [0.25, 0.3) is 5.91 Å². The summed E-state index contributed by atoms with van der Waals surface area (Å²) in [7, 11) is 4.55. The lowest BCUT2D eigenvalue weighted by Crippen LogP contribution is -2.41. The van der Waals surface area contributed by atoms with Crippen molar-refractivity contribution in [1.82, 2.24) is 4.90 Å². The number of carbonyl (C=O) groups excluding carboxylic acids is 2. The minimum atomic E-state index is -0.119. The molecule has 0 unspecified atom stereocenters. The molecule has 1 N–H and O–H groups in total. The van der Waals surface area contributed by atoms with E-state index in [0.29, 0.717) is 48.7 Å². The fourth-order valence-electron chi connectivity index (χ4n) is 3.50. The minimum absolute atomic E-state index is 0.00363. The van der Waals surface area contributed by atoms with Gasteiger partial charge < -0.3 is 24.4 Å². The number of para-hydroxylation sites is 1. The van der Waals surface area contributed by atoms with E-state index >= 15 is 0 Å². The first-order valence-corrected chi connectivity index (χ1v) is 9.52. The summed E-state index contributed by atoms with van der Waals surface area (Å²) in [6.07, 6.45) is 1.24. The van der Waals surface area contributed by atoms with Gasteiger partial charge in [0.1, 0.15) is 0 Å². The van der Waals surface area contributed by atoms with E-state index in [2.05, 4.69) is 5.32 Å². The largest absolute Gasteiger partial charge is 0.493 e. The first kappa shape index (κ1) is 20.5. The third-order valence-corrected chi connectivity index (χ3v) is 5.11. The predicted octanol–water partition coefficient (Wildman–Crippen LogP) is 3.20. The summed E-state index contributed by atoms with van der Waals surface area (Å²) in [5.41, 5.74) is 1.25. The van der Waals surface area contributed by atoms with Crippen LogP contribution in [0.4, 0.5) is 5.69 Å². The number of nitrogens with zero attached hydrogens (tertiary/aromatic N) is 1. The number of rotatable bonds is 6. The highest BCUT2D eigenvalue weighted by molar-refractivity contribution is 5.96. The Kier molecular flexibility index (Phi) is 6.59. The van der Waals surface area contributed by atoms with Gasteiger partial charge in [-0.25, -0.2) is 0 Å². The molecule has 2 aromatic rings. The first-order chi connectivity index (χ1) is 14.1. The van der Waals surface area contributed by atoms with Gasteiger partial charge in [0.15, 0.2) is 11.5 Å². The van der Waals surface area contributed by atoms with Crippen molar-refractivity contribution in [2.24, 2.45) is 5.92 Å². The molecule has 1 fully saturated rings. The Labute approximate surface area is 170 Å². The molecular formula is C22H26N2O5. The molecule has 29 heavy (non-hydrogen) atoms. The van der Waals surface area contributed by atoms with Crippen molar-refractivity contribution in [2.75, 3.05) is 39.7 Å². The standard InChI is InChI=1S/C22H26N2O5/c1-27-18-13-16(14-19(28-2)20(18)29-3)22(26)24-11-9-15(10-12-24)21(25)23-17-7-5-4-6-8-17/h4-8,13-15H,9-12H2,1-3H3,(H,23,25). The summed E-state index contributed by atoms with van der Waals surface area (Å²) in [4.78, 5) is 27.2. The molecule has 1 aliphatic rings. The van der Waals surface area contributed by atoms with Crippen molar-refractivity contribution in [3.63, 3.8) is 0 Å². The van der Waals surface area contributed by atoms with Gasteiger partial charge in [0.2, 0.25) is 11.7 Å². The molecular weight excluding hydrogens is 372 g/mol. The average Bonchev–Trinajstić information content (AvgIpc) is 2.78. The Bertz CT molecular complexity index is 836. The number of amides is 2. The van der Waals surface area contributed by atoms with Crippen LogP contribution in [0.1, 0.15) is 23.2 Å². The summed E-state index contributed by atoms with van der Waals surface area (Å²) in [5.74, 6) is 1.09. The molecule has 0 radical (unpaired) electrons. The van der Waals surface area contributed by atoms with Crippen LogP contribution in [0, 0.1) is 5.92 Å². The van der Waals surface area contributed by atoms with Crippen molar-refractivity contribution in [1.29, 1.82) is 0 Å². The number of piperidine rings is 1. The predicted molar refractivity (Wildman–Crippen MR) is 110 cm³/mol. The second-order valence-electron chi connectivity index (χ2n) is 6.84. The zero-order valence-electron chi connectivity index (χ0n) is 16.9. The Morgan fingerprint density at radius 2 is 1.52 bits per heavy atom. The molecule has 2 amide bonds. The molecule has 1 saturated heterocycles. The van der Waals surface area contributed by atoms with Crippen LogP contribution in [0.5, 0.6) is 17.2 Å². The normalized spacial score (nSPS) is 14.2. The Hall–Kier alpha value is -3.22. The number of carbonyl (C=O) groups is 2. The number of nitrogens with one attached hydrogen (secondary N) is 1. The number of methoxy groups -OCH3 is 3. The van der Waals surface area contributed by atoms with Gasteiger partial charge in [-0.05, 0) is 37.1 Å². The second kappa shape index (κ2) is 9.32. The maximum atomic E-state index is 13.0. The van der Waals surface area contributed by atoms with E-state index in [1.807, 2.05) is 30.3 Å². The molecule has 3 rings (SSSR count). The highest BCUT2D eigenvalue weighted by Gasteiger charge is 2.29. The third-order valence-electron chi connectivity index (χ3n) is 5.11. The second-order valence-corrected chi connectivity index (χ2v) is 6.84. The Morgan fingerprint density at radius 1 is 0.931 bits per heavy atom. The topological polar surface area (TPSA) is 77.1 Å². The molecule has 7 nitrogen and oxygen atoms in total. The Morgan fingerprint density at radius 3 is 2.03 bits per heavy atom. The molecule has 7 heteroatoms. The van der Waals surface area contributed by atoms with Crippen molar-refractivity contribution in [2.45, 2.75) is 12.8 Å². The summed E-state index contributed by atoms with van der Waals surface area (Å²) in [6.45, 7) is 1.03. The van der Waals surface area contributed by atoms with Crippen LogP contribution < -0.4 is 19.5 Å². The van der Waals surface area contributed by atoms with Crippen molar-refractivity contribution in [3.8, 4) is 17.2 Å². The molecule has 1 aliphatic heterocycles. The smallest absolute Gasteiger partial charge is 0.254 e. The van der Waals surface area contributed by atoms with E-state index < -0.39 is 0 Å². The van der Waals surface area contributed by atoms with Crippen LogP contribution in [-0.4, -0.2) is 51.1 Å². The summed E-state index contributed by atoms with van der Waals surface area (Å²) >= 11 is 0. The zero-order chi connectivity index (χ0) is 20.8. The maximum Gasteiger partial charge on any atom is 0.254 e. The van der Waals surface area contributed by atoms with E-state index in [0.717, 1.165) is 5.69 Å². The van der Waals surface area contributed by atoms with Gasteiger partial charge in [-0.1, -0.05) is 18.2 Å². The van der Waals surface area contributed by atoms with Crippen molar-refractivity contribution in [3.05, 3.63) is 48.0 Å². The van der Waals surface area contributed by atoms with E-state index in [-0.39, 0.29) is 17.7 Å². The molecule has 0 atom stereocenters. The van der Waals surface area contributed by atoms with E-state index in [9.17, 15) is 9.59 Å². The number of hydrogen-bond donors (Lipinski definition) is 1. The Balaban J connectivity index is 1.65. The van der Waals surface area contributed by atoms with Gasteiger partial charge >= 0.3 is 0 Å². The fourth-order valence-corrected chi connectivity index (χ4v) is 3.50. The van der Waals surface area contributed by atoms with Crippen LogP contribution in [-0.2, 0) is 4.79 Å². The molecule has 154 valence electrons. The third kappa shape index (κ3) is 4.62. The highest BCUT2D eigenvalue weighted by atomic mass is 16.5. The van der Waals surface area contributed by atoms with Crippen molar-refractivity contribution >= 4 is 17.5 Å². The monoisotopic (exact) mass is 398 g/mol. The van der Waals surface area contributed by atoms with Crippen LogP contribution in [0.15, 0.2) is 42.5 Å². The van der Waals surface area contributed by atoms with Crippen LogP contribution in [0.3, 0.4) is 0 Å². The van der Waals surface area contributed by atoms with Crippen LogP contribution in [0.2, 0.25) is 0 Å². The van der Waals surface area contributed by atoms with Gasteiger partial charge in [0, 0.05) is 30.3 Å². The number of likely N-dealkylation sites (tertiary alicyclic amines) is 1. The number of ether oxygens (including phenoxy) is 3. The molecule has 0 spiro atoms.